The number of carbonyl (C=O) groups excluding carboxylic acids is 1. The van der Waals surface area contributed by atoms with Gasteiger partial charge in [0, 0.05) is 11.1 Å². The Morgan fingerprint density at radius 2 is 2.04 bits per heavy atom. The number of aromatic nitrogens is 2. The standard InChI is InChI=1S/C16H16N4O2S/c1-10-4-3-5-14(18-10)17-8-12-6-7-13(22-12)15(21)20-16-19-11(2)9-23-16/h3-7,9H,8H2,1-2H3,(H,17,18)(H,19,20,21). The minimum Gasteiger partial charge on any atom is -0.454 e. The first-order valence-electron chi connectivity index (χ1n) is 7.10. The molecule has 0 aliphatic carbocycles. The molecule has 3 aromatic rings. The lowest BCUT2D eigenvalue weighted by Gasteiger charge is -2.04. The van der Waals surface area contributed by atoms with Crippen molar-refractivity contribution in [1.29, 1.82) is 0 Å². The molecule has 0 spiro atoms. The van der Waals surface area contributed by atoms with Gasteiger partial charge in [0.05, 0.1) is 12.2 Å². The highest BCUT2D eigenvalue weighted by molar-refractivity contribution is 7.13. The molecule has 0 bridgehead atoms. The summed E-state index contributed by atoms with van der Waals surface area (Å²) in [6, 6.07) is 9.16. The summed E-state index contributed by atoms with van der Waals surface area (Å²) in [6.07, 6.45) is 0. The molecular formula is C16H16N4O2S. The van der Waals surface area contributed by atoms with E-state index in [-0.39, 0.29) is 11.7 Å². The Bertz CT molecular complexity index is 825. The number of hydrogen-bond donors (Lipinski definition) is 2. The lowest BCUT2D eigenvalue weighted by atomic mass is 10.3. The third-order valence-corrected chi connectivity index (χ3v) is 3.93. The lowest BCUT2D eigenvalue weighted by molar-refractivity contribution is 0.0995. The molecular weight excluding hydrogens is 312 g/mol. The first-order chi connectivity index (χ1) is 11.1. The molecule has 0 saturated heterocycles. The summed E-state index contributed by atoms with van der Waals surface area (Å²) in [4.78, 5) is 20.6. The molecule has 0 saturated carbocycles. The SMILES string of the molecule is Cc1cccc(NCc2ccc(C(=O)Nc3nc(C)cs3)o2)n1. The van der Waals surface area contributed by atoms with E-state index in [1.165, 1.54) is 11.3 Å². The van der Waals surface area contributed by atoms with Crippen LogP contribution in [0.1, 0.15) is 27.7 Å². The van der Waals surface area contributed by atoms with Crippen LogP contribution in [0.2, 0.25) is 0 Å². The summed E-state index contributed by atoms with van der Waals surface area (Å²) in [5, 5.41) is 8.32. The zero-order chi connectivity index (χ0) is 16.2. The van der Waals surface area contributed by atoms with Gasteiger partial charge in [-0.3, -0.25) is 10.1 Å². The maximum atomic E-state index is 12.1. The number of nitrogens with zero attached hydrogens (tertiary/aromatic N) is 2. The Kier molecular flexibility index (Phi) is 4.38. The molecule has 1 amide bonds. The van der Waals surface area contributed by atoms with Crippen LogP contribution in [-0.2, 0) is 6.54 Å². The largest absolute Gasteiger partial charge is 0.454 e. The zero-order valence-electron chi connectivity index (χ0n) is 12.8. The molecule has 0 fully saturated rings. The summed E-state index contributed by atoms with van der Waals surface area (Å²) in [6.45, 7) is 4.27. The molecule has 2 N–H and O–H groups in total. The predicted octanol–water partition coefficient (Wildman–Crippen LogP) is 3.61. The van der Waals surface area contributed by atoms with Crippen LogP contribution in [0.5, 0.6) is 0 Å². The van der Waals surface area contributed by atoms with E-state index >= 15 is 0 Å². The van der Waals surface area contributed by atoms with Crippen LogP contribution < -0.4 is 10.6 Å². The number of aryl methyl sites for hydroxylation is 2. The van der Waals surface area contributed by atoms with Gasteiger partial charge in [-0.25, -0.2) is 9.97 Å². The lowest BCUT2D eigenvalue weighted by Crippen LogP contribution is -2.10. The van der Waals surface area contributed by atoms with Crippen molar-refractivity contribution < 1.29 is 9.21 Å². The van der Waals surface area contributed by atoms with Crippen molar-refractivity contribution in [2.24, 2.45) is 0 Å². The van der Waals surface area contributed by atoms with E-state index in [0.29, 0.717) is 17.4 Å². The molecule has 0 aliphatic heterocycles. The Morgan fingerprint density at radius 3 is 2.78 bits per heavy atom. The van der Waals surface area contributed by atoms with Crippen LogP contribution in [0.3, 0.4) is 0 Å². The highest BCUT2D eigenvalue weighted by Gasteiger charge is 2.13. The van der Waals surface area contributed by atoms with Crippen molar-refractivity contribution in [2.75, 3.05) is 10.6 Å². The van der Waals surface area contributed by atoms with Gasteiger partial charge in [0.2, 0.25) is 0 Å². The summed E-state index contributed by atoms with van der Waals surface area (Å²) >= 11 is 1.38. The number of pyridine rings is 1. The topological polar surface area (TPSA) is 80.0 Å². The monoisotopic (exact) mass is 328 g/mol. The number of anilines is 2. The summed E-state index contributed by atoms with van der Waals surface area (Å²) in [5.74, 6) is 1.38. The van der Waals surface area contributed by atoms with Crippen molar-refractivity contribution in [3.8, 4) is 0 Å². The van der Waals surface area contributed by atoms with Crippen molar-refractivity contribution >= 4 is 28.2 Å². The molecule has 0 radical (unpaired) electrons. The number of hydrogen-bond acceptors (Lipinski definition) is 6. The second kappa shape index (κ2) is 6.62. The van der Waals surface area contributed by atoms with Gasteiger partial charge in [0.25, 0.3) is 5.91 Å². The average Bonchev–Trinajstić information content (AvgIpc) is 3.14. The fraction of sp³-hybridized carbons (Fsp3) is 0.188. The summed E-state index contributed by atoms with van der Waals surface area (Å²) in [7, 11) is 0. The van der Waals surface area contributed by atoms with Gasteiger partial charge in [0.15, 0.2) is 10.9 Å². The molecule has 3 heterocycles. The van der Waals surface area contributed by atoms with E-state index in [2.05, 4.69) is 20.6 Å². The smallest absolute Gasteiger partial charge is 0.293 e. The number of thiazole rings is 1. The molecule has 0 unspecified atom stereocenters. The molecule has 118 valence electrons. The second-order valence-corrected chi connectivity index (χ2v) is 5.89. The van der Waals surface area contributed by atoms with Crippen LogP contribution >= 0.6 is 11.3 Å². The first-order valence-corrected chi connectivity index (χ1v) is 7.98. The van der Waals surface area contributed by atoms with Gasteiger partial charge >= 0.3 is 0 Å². The van der Waals surface area contributed by atoms with Crippen molar-refractivity contribution in [3.63, 3.8) is 0 Å². The quantitative estimate of drug-likeness (QED) is 0.748. The maximum absolute atomic E-state index is 12.1. The van der Waals surface area contributed by atoms with E-state index in [0.717, 1.165) is 17.2 Å². The van der Waals surface area contributed by atoms with E-state index in [4.69, 9.17) is 4.42 Å². The van der Waals surface area contributed by atoms with Crippen LogP contribution in [0.15, 0.2) is 40.1 Å². The zero-order valence-corrected chi connectivity index (χ0v) is 13.6. The third-order valence-electron chi connectivity index (χ3n) is 3.06. The van der Waals surface area contributed by atoms with E-state index in [1.54, 1.807) is 12.1 Å². The molecule has 0 aromatic carbocycles. The highest BCUT2D eigenvalue weighted by atomic mass is 32.1. The van der Waals surface area contributed by atoms with E-state index < -0.39 is 0 Å². The van der Waals surface area contributed by atoms with Crippen LogP contribution in [0, 0.1) is 13.8 Å². The van der Waals surface area contributed by atoms with Gasteiger partial charge in [-0.05, 0) is 38.1 Å². The van der Waals surface area contributed by atoms with Crippen molar-refractivity contribution in [3.05, 3.63) is 58.6 Å². The molecule has 0 atom stereocenters. The molecule has 3 rings (SSSR count). The van der Waals surface area contributed by atoms with Gasteiger partial charge in [-0.1, -0.05) is 6.07 Å². The van der Waals surface area contributed by atoms with Crippen LogP contribution in [-0.4, -0.2) is 15.9 Å². The Morgan fingerprint density at radius 1 is 1.17 bits per heavy atom. The molecule has 7 heteroatoms. The van der Waals surface area contributed by atoms with Gasteiger partial charge in [-0.15, -0.1) is 11.3 Å². The molecule has 3 aromatic heterocycles. The van der Waals surface area contributed by atoms with E-state index in [9.17, 15) is 4.79 Å². The highest BCUT2D eigenvalue weighted by Crippen LogP contribution is 2.17. The first kappa shape index (κ1) is 15.2. The fourth-order valence-corrected chi connectivity index (χ4v) is 2.67. The average molecular weight is 328 g/mol. The number of carbonyl (C=O) groups is 1. The van der Waals surface area contributed by atoms with Crippen molar-refractivity contribution in [1.82, 2.24) is 9.97 Å². The Hall–Kier alpha value is -2.67. The number of rotatable bonds is 5. The van der Waals surface area contributed by atoms with Gasteiger partial charge in [0.1, 0.15) is 11.6 Å². The molecule has 23 heavy (non-hydrogen) atoms. The maximum Gasteiger partial charge on any atom is 0.293 e. The molecule has 0 aliphatic rings. The number of amides is 1. The fourth-order valence-electron chi connectivity index (χ4n) is 1.98. The van der Waals surface area contributed by atoms with E-state index in [1.807, 2.05) is 37.4 Å². The normalized spacial score (nSPS) is 10.5. The molecule has 6 nitrogen and oxygen atoms in total. The van der Waals surface area contributed by atoms with Gasteiger partial charge in [-0.2, -0.15) is 0 Å². The summed E-state index contributed by atoms with van der Waals surface area (Å²) < 4.78 is 5.55. The van der Waals surface area contributed by atoms with Crippen LogP contribution in [0.4, 0.5) is 10.9 Å². The Balaban J connectivity index is 1.60. The Labute approximate surface area is 137 Å². The third kappa shape index (κ3) is 3.95. The van der Waals surface area contributed by atoms with Crippen molar-refractivity contribution in [2.45, 2.75) is 20.4 Å². The predicted molar refractivity (Wildman–Crippen MR) is 89.8 cm³/mol. The minimum absolute atomic E-state index is 0.256. The van der Waals surface area contributed by atoms with Gasteiger partial charge < -0.3 is 9.73 Å². The summed E-state index contributed by atoms with van der Waals surface area (Å²) in [5.41, 5.74) is 1.81. The number of nitrogens with one attached hydrogen (secondary N) is 2. The number of furan rings is 1. The second-order valence-electron chi connectivity index (χ2n) is 5.03. The van der Waals surface area contributed by atoms with Crippen LogP contribution in [0.25, 0.3) is 0 Å². The minimum atomic E-state index is -0.306.